The van der Waals surface area contributed by atoms with Crippen molar-refractivity contribution in [2.75, 3.05) is 12.3 Å². The maximum Gasteiger partial charge on any atom is 0.243 e. The summed E-state index contributed by atoms with van der Waals surface area (Å²) in [7, 11) is 0. The normalized spacial score (nSPS) is 11.8. The van der Waals surface area contributed by atoms with E-state index in [0.29, 0.717) is 33.8 Å². The summed E-state index contributed by atoms with van der Waals surface area (Å²) in [5.74, 6) is 0.796. The number of amides is 2. The van der Waals surface area contributed by atoms with Crippen molar-refractivity contribution in [2.45, 2.75) is 38.6 Å². The fourth-order valence-electron chi connectivity index (χ4n) is 3.78. The molecule has 0 saturated carbocycles. The van der Waals surface area contributed by atoms with Crippen LogP contribution in [-0.2, 0) is 28.3 Å². The number of nitrogens with one attached hydrogen (secondary N) is 1. The highest BCUT2D eigenvalue weighted by atomic mass is 35.5. The van der Waals surface area contributed by atoms with Crippen LogP contribution in [0.3, 0.4) is 0 Å². The second-order valence-electron chi connectivity index (χ2n) is 9.22. The highest BCUT2D eigenvalue weighted by Crippen LogP contribution is 2.25. The molecule has 196 valence electrons. The number of benzene rings is 3. The second-order valence-corrected chi connectivity index (χ2v) is 11.5. The summed E-state index contributed by atoms with van der Waals surface area (Å²) in [5.41, 5.74) is 2.74. The summed E-state index contributed by atoms with van der Waals surface area (Å²) >= 11 is 20.2. The van der Waals surface area contributed by atoms with Gasteiger partial charge in [0.1, 0.15) is 6.04 Å². The Hall–Kier alpha value is -2.18. The molecule has 1 atom stereocenters. The first kappa shape index (κ1) is 29.4. The first-order valence-corrected chi connectivity index (χ1v) is 14.4. The highest BCUT2D eigenvalue weighted by molar-refractivity contribution is 7.99. The molecule has 0 aliphatic carbocycles. The summed E-state index contributed by atoms with van der Waals surface area (Å²) in [5, 5.41) is 4.66. The first-order valence-electron chi connectivity index (χ1n) is 12.1. The predicted octanol–water partition coefficient (Wildman–Crippen LogP) is 7.29. The number of nitrogens with zero attached hydrogens (tertiary/aromatic N) is 1. The van der Waals surface area contributed by atoms with E-state index in [4.69, 9.17) is 34.8 Å². The van der Waals surface area contributed by atoms with Crippen molar-refractivity contribution in [3.8, 4) is 0 Å². The molecule has 0 aliphatic heterocycles. The molecule has 3 aromatic rings. The minimum Gasteiger partial charge on any atom is -0.354 e. The van der Waals surface area contributed by atoms with Gasteiger partial charge in [0, 0.05) is 40.3 Å². The molecule has 1 N–H and O–H groups in total. The number of carbonyl (C=O) groups excluding carboxylic acids is 2. The molecule has 0 aliphatic rings. The average Bonchev–Trinajstić information content (AvgIpc) is 2.86. The fourth-order valence-corrected chi connectivity index (χ4v) is 5.31. The molecule has 8 heteroatoms. The monoisotopic (exact) mass is 576 g/mol. The zero-order chi connectivity index (χ0) is 26.8. The van der Waals surface area contributed by atoms with Crippen LogP contribution >= 0.6 is 46.6 Å². The first-order chi connectivity index (χ1) is 17.7. The molecule has 0 unspecified atom stereocenters. The molecule has 37 heavy (non-hydrogen) atoms. The molecule has 0 bridgehead atoms. The standard InChI is InChI=1S/C29H31Cl3N2O2S/c1-20(2)16-33-29(36)27(14-21-7-4-3-5-8-21)34(17-23-11-12-25(31)15-26(23)32)28(35)19-37-18-22-9-6-10-24(30)13-22/h3-13,15,20,27H,14,16-19H2,1-2H3,(H,33,36)/t27-/m1/s1. The molecule has 0 saturated heterocycles. The van der Waals surface area contributed by atoms with Crippen LogP contribution in [0.15, 0.2) is 72.8 Å². The Morgan fingerprint density at radius 1 is 0.892 bits per heavy atom. The zero-order valence-corrected chi connectivity index (χ0v) is 24.0. The Morgan fingerprint density at radius 3 is 2.27 bits per heavy atom. The molecular formula is C29H31Cl3N2O2S. The van der Waals surface area contributed by atoms with Gasteiger partial charge in [-0.2, -0.15) is 0 Å². The van der Waals surface area contributed by atoms with Crippen LogP contribution in [0.2, 0.25) is 15.1 Å². The Labute approximate surface area is 238 Å². The smallest absolute Gasteiger partial charge is 0.243 e. The minimum atomic E-state index is -0.702. The molecule has 0 fully saturated rings. The molecule has 0 spiro atoms. The minimum absolute atomic E-state index is 0.140. The summed E-state index contributed by atoms with van der Waals surface area (Å²) in [6, 6.07) is 21.8. The van der Waals surface area contributed by atoms with Gasteiger partial charge >= 0.3 is 0 Å². The van der Waals surface area contributed by atoms with Crippen LogP contribution in [0.25, 0.3) is 0 Å². The van der Waals surface area contributed by atoms with Gasteiger partial charge in [0.05, 0.1) is 5.75 Å². The van der Waals surface area contributed by atoms with E-state index in [1.807, 2.05) is 68.4 Å². The number of thioether (sulfide) groups is 1. The van der Waals surface area contributed by atoms with E-state index in [9.17, 15) is 9.59 Å². The van der Waals surface area contributed by atoms with Crippen LogP contribution in [-0.4, -0.2) is 35.1 Å². The number of rotatable bonds is 12. The van der Waals surface area contributed by atoms with E-state index in [2.05, 4.69) is 5.32 Å². The van der Waals surface area contributed by atoms with Gasteiger partial charge < -0.3 is 10.2 Å². The third-order valence-corrected chi connectivity index (χ3v) is 7.51. The van der Waals surface area contributed by atoms with E-state index < -0.39 is 6.04 Å². The topological polar surface area (TPSA) is 49.4 Å². The van der Waals surface area contributed by atoms with Gasteiger partial charge in [-0.3, -0.25) is 9.59 Å². The second kappa shape index (κ2) is 14.7. The maximum absolute atomic E-state index is 13.7. The van der Waals surface area contributed by atoms with Crippen LogP contribution in [0.5, 0.6) is 0 Å². The van der Waals surface area contributed by atoms with Gasteiger partial charge in [-0.1, -0.05) is 97.2 Å². The van der Waals surface area contributed by atoms with E-state index in [1.165, 1.54) is 11.8 Å². The molecule has 3 rings (SSSR count). The molecule has 0 aromatic heterocycles. The van der Waals surface area contributed by atoms with Crippen LogP contribution in [0.4, 0.5) is 0 Å². The highest BCUT2D eigenvalue weighted by Gasteiger charge is 2.30. The lowest BCUT2D eigenvalue weighted by Crippen LogP contribution is -2.51. The van der Waals surface area contributed by atoms with Gasteiger partial charge in [-0.05, 0) is 46.9 Å². The molecule has 3 aromatic carbocycles. The molecular weight excluding hydrogens is 547 g/mol. The van der Waals surface area contributed by atoms with Crippen molar-refractivity contribution >= 4 is 58.4 Å². The third kappa shape index (κ3) is 9.57. The van der Waals surface area contributed by atoms with Crippen LogP contribution in [0.1, 0.15) is 30.5 Å². The quantitative estimate of drug-likeness (QED) is 0.246. The fraction of sp³-hybridized carbons (Fsp3) is 0.310. The average molecular weight is 578 g/mol. The summed E-state index contributed by atoms with van der Waals surface area (Å²) in [6.45, 7) is 4.79. The summed E-state index contributed by atoms with van der Waals surface area (Å²) in [4.78, 5) is 28.8. The Kier molecular flexibility index (Phi) is 11.7. The van der Waals surface area contributed by atoms with Gasteiger partial charge in [0.25, 0.3) is 0 Å². The number of hydrogen-bond acceptors (Lipinski definition) is 3. The number of halogens is 3. The lowest BCUT2D eigenvalue weighted by Gasteiger charge is -2.32. The molecule has 0 heterocycles. The van der Waals surface area contributed by atoms with Crippen molar-refractivity contribution in [1.29, 1.82) is 0 Å². The van der Waals surface area contributed by atoms with Crippen LogP contribution < -0.4 is 5.32 Å². The number of carbonyl (C=O) groups is 2. The zero-order valence-electron chi connectivity index (χ0n) is 20.9. The summed E-state index contributed by atoms with van der Waals surface area (Å²) < 4.78 is 0. The van der Waals surface area contributed by atoms with Gasteiger partial charge in [0.2, 0.25) is 11.8 Å². The van der Waals surface area contributed by atoms with Crippen molar-refractivity contribution in [3.63, 3.8) is 0 Å². The Bertz CT molecular complexity index is 1190. The Balaban J connectivity index is 1.87. The third-order valence-electron chi connectivity index (χ3n) is 5.69. The lowest BCUT2D eigenvalue weighted by atomic mass is 10.0. The van der Waals surface area contributed by atoms with Gasteiger partial charge in [-0.25, -0.2) is 0 Å². The molecule has 2 amide bonds. The lowest BCUT2D eigenvalue weighted by molar-refractivity contribution is -0.139. The van der Waals surface area contributed by atoms with Crippen LogP contribution in [0, 0.1) is 5.92 Å². The van der Waals surface area contributed by atoms with E-state index in [-0.39, 0.29) is 30.0 Å². The van der Waals surface area contributed by atoms with E-state index >= 15 is 0 Å². The maximum atomic E-state index is 13.7. The van der Waals surface area contributed by atoms with E-state index in [1.54, 1.807) is 23.1 Å². The van der Waals surface area contributed by atoms with Crippen molar-refractivity contribution in [3.05, 3.63) is 105 Å². The largest absolute Gasteiger partial charge is 0.354 e. The number of hydrogen-bond donors (Lipinski definition) is 1. The summed E-state index contributed by atoms with van der Waals surface area (Å²) in [6.07, 6.45) is 0.390. The predicted molar refractivity (Wildman–Crippen MR) is 156 cm³/mol. The van der Waals surface area contributed by atoms with Gasteiger partial charge in [-0.15, -0.1) is 11.8 Å². The van der Waals surface area contributed by atoms with Crippen molar-refractivity contribution in [2.24, 2.45) is 5.92 Å². The van der Waals surface area contributed by atoms with Gasteiger partial charge in [0.15, 0.2) is 0 Å². The van der Waals surface area contributed by atoms with Crippen molar-refractivity contribution < 1.29 is 9.59 Å². The molecule has 0 radical (unpaired) electrons. The molecule has 4 nitrogen and oxygen atoms in total. The Morgan fingerprint density at radius 2 is 1.59 bits per heavy atom. The van der Waals surface area contributed by atoms with E-state index in [0.717, 1.165) is 16.7 Å². The van der Waals surface area contributed by atoms with Crippen molar-refractivity contribution in [1.82, 2.24) is 10.2 Å². The SMILES string of the molecule is CC(C)CNC(=O)[C@@H](Cc1ccccc1)N(Cc1ccc(Cl)cc1Cl)C(=O)CSCc1cccc(Cl)c1.